The number of allylic oxidation sites excluding steroid dienone is 1. The molecular weight excluding hydrogens is 388 g/mol. The van der Waals surface area contributed by atoms with Gasteiger partial charge in [0.25, 0.3) is 0 Å². The summed E-state index contributed by atoms with van der Waals surface area (Å²) < 4.78 is 11.6. The molecule has 0 aromatic heterocycles. The first-order valence-corrected chi connectivity index (χ1v) is 8.62. The van der Waals surface area contributed by atoms with Gasteiger partial charge in [-0.2, -0.15) is 0 Å². The molecule has 0 aromatic rings. The number of rotatable bonds is 9. The van der Waals surface area contributed by atoms with Crippen molar-refractivity contribution < 1.29 is 14.3 Å². The zero-order valence-corrected chi connectivity index (χ0v) is 15.0. The maximum absolute atomic E-state index is 11.0. The molecule has 0 aromatic carbocycles. The zero-order valence-electron chi connectivity index (χ0n) is 11.8. The molecule has 2 atom stereocenters. The summed E-state index contributed by atoms with van der Waals surface area (Å²) in [6, 6.07) is 0. The second kappa shape index (κ2) is 10.6. The Balaban J connectivity index is 2.14. The third kappa shape index (κ3) is 8.22. The van der Waals surface area contributed by atoms with Crippen molar-refractivity contribution >= 4 is 37.8 Å². The molecule has 3 nitrogen and oxygen atoms in total. The Morgan fingerprint density at radius 1 is 1.45 bits per heavy atom. The van der Waals surface area contributed by atoms with Crippen LogP contribution in [0.5, 0.6) is 0 Å². The van der Waals surface area contributed by atoms with Gasteiger partial charge in [0, 0.05) is 13.5 Å². The number of hydrogen-bond donors (Lipinski definition) is 0. The SMILES string of the molecule is COC(C=CC1CCC(=O)O1)CCCCCC=C(Br)Br. The molecule has 1 rings (SSSR count). The Morgan fingerprint density at radius 2 is 2.25 bits per heavy atom. The number of esters is 1. The molecule has 1 aliphatic heterocycles. The van der Waals surface area contributed by atoms with Crippen LogP contribution in [0.15, 0.2) is 21.6 Å². The van der Waals surface area contributed by atoms with E-state index in [1.54, 1.807) is 7.11 Å². The lowest BCUT2D eigenvalue weighted by Gasteiger charge is -2.11. The van der Waals surface area contributed by atoms with Gasteiger partial charge in [0.2, 0.25) is 0 Å². The van der Waals surface area contributed by atoms with Crippen molar-refractivity contribution in [2.45, 2.75) is 57.2 Å². The van der Waals surface area contributed by atoms with E-state index in [1.165, 1.54) is 12.8 Å². The highest BCUT2D eigenvalue weighted by atomic mass is 79.9. The molecule has 1 aliphatic rings. The van der Waals surface area contributed by atoms with Crippen LogP contribution in [0, 0.1) is 0 Å². The van der Waals surface area contributed by atoms with Crippen LogP contribution >= 0.6 is 31.9 Å². The normalized spacial score (nSPS) is 20.1. The van der Waals surface area contributed by atoms with Crippen molar-refractivity contribution in [1.29, 1.82) is 0 Å². The van der Waals surface area contributed by atoms with Gasteiger partial charge >= 0.3 is 5.97 Å². The predicted molar refractivity (Wildman–Crippen MR) is 88.1 cm³/mol. The predicted octanol–water partition coefficient (Wildman–Crippen LogP) is 4.84. The molecule has 1 heterocycles. The lowest BCUT2D eigenvalue weighted by Crippen LogP contribution is -2.09. The highest BCUT2D eigenvalue weighted by Crippen LogP contribution is 2.17. The van der Waals surface area contributed by atoms with Crippen LogP contribution < -0.4 is 0 Å². The van der Waals surface area contributed by atoms with Crippen LogP contribution in [0.3, 0.4) is 0 Å². The van der Waals surface area contributed by atoms with E-state index in [1.807, 2.05) is 12.2 Å². The minimum atomic E-state index is -0.0976. The Morgan fingerprint density at radius 3 is 2.85 bits per heavy atom. The van der Waals surface area contributed by atoms with Gasteiger partial charge in [-0.25, -0.2) is 0 Å². The molecule has 1 fully saturated rings. The summed E-state index contributed by atoms with van der Waals surface area (Å²) in [4.78, 5) is 11.0. The maximum atomic E-state index is 11.0. The van der Waals surface area contributed by atoms with Gasteiger partial charge in [0.05, 0.1) is 9.50 Å². The van der Waals surface area contributed by atoms with Crippen LogP contribution in [0.4, 0.5) is 0 Å². The van der Waals surface area contributed by atoms with E-state index in [9.17, 15) is 4.79 Å². The molecular formula is C15H22Br2O3. The van der Waals surface area contributed by atoms with Gasteiger partial charge in [-0.05, 0) is 63.6 Å². The average molecular weight is 410 g/mol. The van der Waals surface area contributed by atoms with Crippen molar-refractivity contribution in [3.63, 3.8) is 0 Å². The van der Waals surface area contributed by atoms with Crippen LogP contribution in [0.1, 0.15) is 44.9 Å². The van der Waals surface area contributed by atoms with Crippen molar-refractivity contribution in [3.8, 4) is 0 Å². The van der Waals surface area contributed by atoms with E-state index in [-0.39, 0.29) is 18.2 Å². The number of carbonyl (C=O) groups is 1. The zero-order chi connectivity index (χ0) is 14.8. The highest BCUT2D eigenvalue weighted by molar-refractivity contribution is 9.28. The molecule has 0 spiro atoms. The van der Waals surface area contributed by atoms with Crippen LogP contribution in [0.2, 0.25) is 0 Å². The minimum absolute atomic E-state index is 0.0541. The van der Waals surface area contributed by atoms with Gasteiger partial charge in [0.1, 0.15) is 6.10 Å². The van der Waals surface area contributed by atoms with Gasteiger partial charge in [-0.15, -0.1) is 0 Å². The molecule has 2 unspecified atom stereocenters. The second-order valence-corrected chi connectivity index (χ2v) is 7.63. The Bertz CT molecular complexity index is 349. The molecule has 1 saturated heterocycles. The smallest absolute Gasteiger partial charge is 0.306 e. The fourth-order valence-electron chi connectivity index (χ4n) is 2.10. The first-order chi connectivity index (χ1) is 9.61. The summed E-state index contributed by atoms with van der Waals surface area (Å²) in [5, 5.41) is 0. The third-order valence-electron chi connectivity index (χ3n) is 3.25. The summed E-state index contributed by atoms with van der Waals surface area (Å²) in [6.45, 7) is 0. The Labute approximate surface area is 138 Å². The first-order valence-electron chi connectivity index (χ1n) is 7.03. The van der Waals surface area contributed by atoms with Crippen molar-refractivity contribution in [2.24, 2.45) is 0 Å². The largest absolute Gasteiger partial charge is 0.458 e. The van der Waals surface area contributed by atoms with E-state index >= 15 is 0 Å². The second-order valence-electron chi connectivity index (χ2n) is 4.86. The molecule has 0 amide bonds. The summed E-state index contributed by atoms with van der Waals surface area (Å²) in [5.74, 6) is -0.0976. The van der Waals surface area contributed by atoms with Gasteiger partial charge in [0.15, 0.2) is 0 Å². The van der Waals surface area contributed by atoms with E-state index in [4.69, 9.17) is 9.47 Å². The summed E-state index contributed by atoms with van der Waals surface area (Å²) >= 11 is 6.70. The molecule has 20 heavy (non-hydrogen) atoms. The number of carbonyl (C=O) groups excluding carboxylic acids is 1. The number of methoxy groups -OCH3 is 1. The van der Waals surface area contributed by atoms with Crippen molar-refractivity contribution in [3.05, 3.63) is 21.6 Å². The van der Waals surface area contributed by atoms with Gasteiger partial charge in [-0.3, -0.25) is 4.79 Å². The van der Waals surface area contributed by atoms with Gasteiger partial charge < -0.3 is 9.47 Å². The molecule has 0 saturated carbocycles. The molecule has 0 bridgehead atoms. The van der Waals surface area contributed by atoms with E-state index in [2.05, 4.69) is 37.9 Å². The van der Waals surface area contributed by atoms with Crippen LogP contribution in [-0.4, -0.2) is 25.3 Å². The molecule has 5 heteroatoms. The third-order valence-corrected chi connectivity index (χ3v) is 3.90. The monoisotopic (exact) mass is 408 g/mol. The van der Waals surface area contributed by atoms with Crippen LogP contribution in [-0.2, 0) is 14.3 Å². The molecule has 0 radical (unpaired) electrons. The summed E-state index contributed by atoms with van der Waals surface area (Å²) in [7, 11) is 1.72. The number of cyclic esters (lactones) is 1. The van der Waals surface area contributed by atoms with E-state index in [0.717, 1.165) is 29.1 Å². The lowest BCUT2D eigenvalue weighted by molar-refractivity contribution is -0.140. The first kappa shape index (κ1) is 17.9. The number of unbranched alkanes of at least 4 members (excludes halogenated alkanes) is 3. The maximum Gasteiger partial charge on any atom is 0.306 e. The van der Waals surface area contributed by atoms with Crippen molar-refractivity contribution in [1.82, 2.24) is 0 Å². The summed E-state index contributed by atoms with van der Waals surface area (Å²) in [6.07, 6.45) is 13.1. The van der Waals surface area contributed by atoms with Crippen LogP contribution in [0.25, 0.3) is 0 Å². The molecule has 0 N–H and O–H groups in total. The van der Waals surface area contributed by atoms with Gasteiger partial charge in [-0.1, -0.05) is 25.0 Å². The van der Waals surface area contributed by atoms with E-state index in [0.29, 0.717) is 6.42 Å². The number of halogens is 2. The quantitative estimate of drug-likeness (QED) is 0.310. The Kier molecular flexibility index (Phi) is 9.48. The molecule has 0 aliphatic carbocycles. The topological polar surface area (TPSA) is 35.5 Å². The highest BCUT2D eigenvalue weighted by Gasteiger charge is 2.20. The molecule has 114 valence electrons. The summed E-state index contributed by atoms with van der Waals surface area (Å²) in [5.41, 5.74) is 0. The van der Waals surface area contributed by atoms with E-state index < -0.39 is 0 Å². The minimum Gasteiger partial charge on any atom is -0.458 e. The lowest BCUT2D eigenvalue weighted by atomic mass is 10.1. The number of ether oxygens (including phenoxy) is 2. The Hall–Kier alpha value is -0.130. The fourth-order valence-corrected chi connectivity index (χ4v) is 2.56. The number of hydrogen-bond acceptors (Lipinski definition) is 3. The average Bonchev–Trinajstić information content (AvgIpc) is 2.82. The standard InChI is InChI=1S/C15H22Br2O3/c1-19-12(6-4-2-3-5-7-14(16)17)8-9-13-10-11-15(18)20-13/h7-9,12-13H,2-6,10-11H2,1H3. The fraction of sp³-hybridized carbons (Fsp3) is 0.667. The van der Waals surface area contributed by atoms with Crippen molar-refractivity contribution in [2.75, 3.05) is 7.11 Å².